The molecule has 0 unspecified atom stereocenters. The van der Waals surface area contributed by atoms with E-state index in [0.717, 1.165) is 27.6 Å². The van der Waals surface area contributed by atoms with Crippen LogP contribution in [0.4, 0.5) is 0 Å². The highest BCUT2D eigenvalue weighted by molar-refractivity contribution is 6.10. The second kappa shape index (κ2) is 10.4. The van der Waals surface area contributed by atoms with Gasteiger partial charge in [0.15, 0.2) is 5.78 Å². The summed E-state index contributed by atoms with van der Waals surface area (Å²) in [7, 11) is 0. The van der Waals surface area contributed by atoms with Crippen LogP contribution in [-0.4, -0.2) is 50.9 Å². The first-order chi connectivity index (χ1) is 18.6. The van der Waals surface area contributed by atoms with Crippen LogP contribution in [0.25, 0.3) is 10.9 Å². The minimum atomic E-state index is -1.53. The molecule has 2 heterocycles. The highest BCUT2D eigenvalue weighted by Crippen LogP contribution is 2.55. The molecule has 1 fully saturated rings. The highest BCUT2D eigenvalue weighted by atomic mass is 16.3. The average molecular weight is 531 g/mol. The van der Waals surface area contributed by atoms with E-state index in [9.17, 15) is 24.6 Å². The number of aliphatic hydroxyl groups excluding tert-OH is 2. The number of aromatic amines is 1. The standard InChI is InChI=1S/C32H38N2O5/c1-17-8-7-10-23-30(38)20(4)19(3)28-25(15-21-16-33-24-11-6-5-9-22(21)24)34-31(39)32(23,28)27(36)13-12-26(35)29(37)18(2)14-17/h5-7,9-11,14,16-17,23,25-26,28,30,33,35,38H,8,12-13,15H2,1-4H3,(H,34,39)/b10-7+,18-14+/t17-,23-,25-,26-,28-,30+,32+/m0/s1. The van der Waals surface area contributed by atoms with Gasteiger partial charge in [-0.2, -0.15) is 0 Å². The van der Waals surface area contributed by atoms with E-state index >= 15 is 0 Å². The Morgan fingerprint density at radius 2 is 1.79 bits per heavy atom. The fourth-order valence-electron chi connectivity index (χ4n) is 7.16. The molecule has 3 aliphatic rings. The first kappa shape index (κ1) is 27.3. The monoisotopic (exact) mass is 530 g/mol. The number of fused-ring (bicyclic) bond motifs is 1. The van der Waals surface area contributed by atoms with Crippen molar-refractivity contribution in [3.05, 3.63) is 71.0 Å². The molecule has 7 nitrogen and oxygen atoms in total. The summed E-state index contributed by atoms with van der Waals surface area (Å²) in [4.78, 5) is 44.4. The molecule has 206 valence electrons. The van der Waals surface area contributed by atoms with E-state index in [0.29, 0.717) is 18.4 Å². The second-order valence-electron chi connectivity index (χ2n) is 11.7. The summed E-state index contributed by atoms with van der Waals surface area (Å²) in [5.41, 5.74) is 2.61. The molecule has 0 bridgehead atoms. The summed E-state index contributed by atoms with van der Waals surface area (Å²) in [5.74, 6) is -2.34. The van der Waals surface area contributed by atoms with Gasteiger partial charge in [-0.1, -0.05) is 48.9 Å². The molecule has 2 aliphatic carbocycles. The van der Waals surface area contributed by atoms with Gasteiger partial charge in [0, 0.05) is 41.4 Å². The number of allylic oxidation sites excluding steroid dienone is 2. The summed E-state index contributed by atoms with van der Waals surface area (Å²) >= 11 is 0. The second-order valence-corrected chi connectivity index (χ2v) is 11.7. The predicted octanol–water partition coefficient (Wildman–Crippen LogP) is 3.96. The highest BCUT2D eigenvalue weighted by Gasteiger charge is 2.66. The Kier molecular flexibility index (Phi) is 7.25. The largest absolute Gasteiger partial charge is 0.388 e. The Labute approximate surface area is 229 Å². The molecule has 7 heteroatoms. The van der Waals surface area contributed by atoms with Crippen LogP contribution in [0.15, 0.2) is 65.4 Å². The van der Waals surface area contributed by atoms with Gasteiger partial charge in [-0.15, -0.1) is 0 Å². The van der Waals surface area contributed by atoms with Gasteiger partial charge in [0.05, 0.1) is 6.10 Å². The number of carbonyl (C=O) groups excluding carboxylic acids is 3. The number of aliphatic hydroxyl groups is 2. The fraction of sp³-hybridized carbons (Fsp3) is 0.469. The number of nitrogens with one attached hydrogen (secondary N) is 2. The van der Waals surface area contributed by atoms with Crippen molar-refractivity contribution in [3.8, 4) is 0 Å². The van der Waals surface area contributed by atoms with E-state index in [1.54, 1.807) is 6.92 Å². The lowest BCUT2D eigenvalue weighted by molar-refractivity contribution is -0.148. The molecule has 7 atom stereocenters. The Morgan fingerprint density at radius 1 is 1.05 bits per heavy atom. The number of H-pyrrole nitrogens is 1. The van der Waals surface area contributed by atoms with Crippen molar-refractivity contribution < 1.29 is 24.6 Å². The maximum Gasteiger partial charge on any atom is 0.235 e. The molecule has 1 amide bonds. The van der Waals surface area contributed by atoms with Crippen LogP contribution in [0.2, 0.25) is 0 Å². The molecule has 1 aromatic carbocycles. The summed E-state index contributed by atoms with van der Waals surface area (Å²) < 4.78 is 0. The number of rotatable bonds is 2. The molecule has 2 aromatic rings. The molecule has 0 saturated carbocycles. The van der Waals surface area contributed by atoms with Crippen LogP contribution < -0.4 is 5.32 Å². The maximum atomic E-state index is 14.2. The topological polar surface area (TPSA) is 119 Å². The minimum absolute atomic E-state index is 0.00624. The first-order valence-electron chi connectivity index (χ1n) is 13.9. The summed E-state index contributed by atoms with van der Waals surface area (Å²) in [6.07, 6.45) is 6.11. The molecule has 4 N–H and O–H groups in total. The molecular formula is C32H38N2O5. The van der Waals surface area contributed by atoms with Crippen molar-refractivity contribution in [1.82, 2.24) is 10.3 Å². The zero-order chi connectivity index (χ0) is 28.1. The van der Waals surface area contributed by atoms with Crippen LogP contribution in [-0.2, 0) is 20.8 Å². The molecule has 1 aliphatic heterocycles. The van der Waals surface area contributed by atoms with Gasteiger partial charge < -0.3 is 20.5 Å². The Morgan fingerprint density at radius 3 is 2.56 bits per heavy atom. The number of ketones is 2. The van der Waals surface area contributed by atoms with Crippen molar-refractivity contribution in [1.29, 1.82) is 0 Å². The van der Waals surface area contributed by atoms with E-state index in [1.165, 1.54) is 0 Å². The molecule has 1 spiro atoms. The van der Waals surface area contributed by atoms with Crippen LogP contribution in [0.1, 0.15) is 52.5 Å². The number of amides is 1. The lowest BCUT2D eigenvalue weighted by atomic mass is 9.54. The lowest BCUT2D eigenvalue weighted by Crippen LogP contribution is -2.55. The van der Waals surface area contributed by atoms with Crippen LogP contribution in [0, 0.1) is 23.2 Å². The number of Topliss-reactive ketones (excluding diaryl/α,β-unsaturated/α-hetero) is 2. The SMILES string of the molecule is CC1=C(C)[C@H]2[C@H](Cc3c[nH]c4ccccc34)NC(=O)[C@]23C(=O)CC[C@H](O)C(=O)/C(C)=C/[C@@H](C)C/C=C/[C@H]3[C@@H]1O. The quantitative estimate of drug-likeness (QED) is 0.346. The predicted molar refractivity (Wildman–Crippen MR) is 150 cm³/mol. The van der Waals surface area contributed by atoms with Gasteiger partial charge in [0.2, 0.25) is 5.91 Å². The third-order valence-corrected chi connectivity index (χ3v) is 9.28. The molecule has 1 saturated heterocycles. The molecule has 39 heavy (non-hydrogen) atoms. The number of para-hydroxylation sites is 1. The molecule has 0 radical (unpaired) electrons. The van der Waals surface area contributed by atoms with Crippen LogP contribution in [0.5, 0.6) is 0 Å². The van der Waals surface area contributed by atoms with Crippen molar-refractivity contribution in [2.75, 3.05) is 0 Å². The van der Waals surface area contributed by atoms with Gasteiger partial charge in [-0.05, 0) is 68.7 Å². The van der Waals surface area contributed by atoms with Gasteiger partial charge in [-0.25, -0.2) is 0 Å². The van der Waals surface area contributed by atoms with Crippen LogP contribution >= 0.6 is 0 Å². The van der Waals surface area contributed by atoms with Gasteiger partial charge in [0.1, 0.15) is 17.3 Å². The number of aromatic nitrogens is 1. The molecular weight excluding hydrogens is 492 g/mol. The van der Waals surface area contributed by atoms with E-state index in [1.807, 2.05) is 69.5 Å². The summed E-state index contributed by atoms with van der Waals surface area (Å²) in [5, 5.41) is 26.4. The van der Waals surface area contributed by atoms with Crippen molar-refractivity contribution >= 4 is 28.4 Å². The smallest absolute Gasteiger partial charge is 0.235 e. The third kappa shape index (κ3) is 4.42. The normalized spacial score (nSPS) is 36.3. The number of benzene rings is 1. The summed E-state index contributed by atoms with van der Waals surface area (Å²) in [6, 6.07) is 7.63. The van der Waals surface area contributed by atoms with E-state index in [2.05, 4.69) is 10.3 Å². The van der Waals surface area contributed by atoms with Gasteiger partial charge >= 0.3 is 0 Å². The molecule has 1 aromatic heterocycles. The fourth-order valence-corrected chi connectivity index (χ4v) is 7.16. The van der Waals surface area contributed by atoms with E-state index < -0.39 is 35.2 Å². The zero-order valence-electron chi connectivity index (χ0n) is 23.0. The average Bonchev–Trinajstić information content (AvgIpc) is 3.45. The maximum absolute atomic E-state index is 14.2. The Bertz CT molecular complexity index is 1410. The Balaban J connectivity index is 1.61. The van der Waals surface area contributed by atoms with Crippen molar-refractivity contribution in [3.63, 3.8) is 0 Å². The lowest BCUT2D eigenvalue weighted by Gasteiger charge is -2.46. The zero-order valence-corrected chi connectivity index (χ0v) is 23.0. The van der Waals surface area contributed by atoms with E-state index in [4.69, 9.17) is 0 Å². The van der Waals surface area contributed by atoms with Crippen molar-refractivity contribution in [2.45, 2.75) is 71.6 Å². The number of hydrogen-bond acceptors (Lipinski definition) is 5. The summed E-state index contributed by atoms with van der Waals surface area (Å²) in [6.45, 7) is 7.45. The number of hydrogen-bond donors (Lipinski definition) is 4. The minimum Gasteiger partial charge on any atom is -0.388 e. The van der Waals surface area contributed by atoms with Gasteiger partial charge in [-0.3, -0.25) is 14.4 Å². The van der Waals surface area contributed by atoms with E-state index in [-0.39, 0.29) is 36.5 Å². The molecule has 5 rings (SSSR count). The first-order valence-corrected chi connectivity index (χ1v) is 13.9. The van der Waals surface area contributed by atoms with Crippen LogP contribution in [0.3, 0.4) is 0 Å². The third-order valence-electron chi connectivity index (χ3n) is 9.28. The van der Waals surface area contributed by atoms with Gasteiger partial charge in [0.25, 0.3) is 0 Å². The van der Waals surface area contributed by atoms with Crippen molar-refractivity contribution in [2.24, 2.45) is 23.2 Å². The Hall–Kier alpha value is -3.29. The number of carbonyl (C=O) groups is 3.